The molecule has 2 aliphatic heterocycles. The zero-order valence-electron chi connectivity index (χ0n) is 18.1. The van der Waals surface area contributed by atoms with E-state index in [-0.39, 0.29) is 17.3 Å². The van der Waals surface area contributed by atoms with Crippen molar-refractivity contribution in [2.24, 2.45) is 5.92 Å². The number of nitrogens with one attached hydrogen (secondary N) is 1. The first-order valence-electron chi connectivity index (χ1n) is 11.4. The Labute approximate surface area is 186 Å². The van der Waals surface area contributed by atoms with Crippen LogP contribution in [0.1, 0.15) is 43.1 Å². The molecule has 2 fully saturated rings. The molecule has 1 saturated heterocycles. The molecule has 1 aliphatic carbocycles. The summed E-state index contributed by atoms with van der Waals surface area (Å²) < 4.78 is 14.8. The van der Waals surface area contributed by atoms with Gasteiger partial charge in [0.2, 0.25) is 0 Å². The highest BCUT2D eigenvalue weighted by Gasteiger charge is 2.48. The van der Waals surface area contributed by atoms with Crippen LogP contribution in [-0.4, -0.2) is 44.1 Å². The zero-order chi connectivity index (χ0) is 21.7. The second-order valence-electron chi connectivity index (χ2n) is 9.32. The number of fused-ring (bicyclic) bond motifs is 2. The van der Waals surface area contributed by atoms with E-state index in [4.69, 9.17) is 9.97 Å². The maximum absolute atomic E-state index is 14.8. The Kier molecular flexibility index (Phi) is 4.64. The van der Waals surface area contributed by atoms with E-state index >= 15 is 0 Å². The van der Waals surface area contributed by atoms with Gasteiger partial charge < -0.3 is 10.2 Å². The Morgan fingerprint density at radius 2 is 2.00 bits per heavy atom. The molecule has 6 rings (SSSR count). The lowest BCUT2D eigenvalue weighted by atomic mass is 9.77. The van der Waals surface area contributed by atoms with E-state index in [1.165, 1.54) is 12.8 Å². The molecule has 0 radical (unpaired) electrons. The molecule has 3 aliphatic rings. The smallest absolute Gasteiger partial charge is 0.197 e. The third-order valence-electron chi connectivity index (χ3n) is 7.45. The Balaban J connectivity index is 1.33. The summed E-state index contributed by atoms with van der Waals surface area (Å²) in [6, 6.07) is 5.15. The van der Waals surface area contributed by atoms with E-state index in [1.54, 1.807) is 30.6 Å². The van der Waals surface area contributed by atoms with Crippen LogP contribution >= 0.6 is 0 Å². The number of nitrogens with zero attached hydrogens (tertiary/aromatic N) is 6. The monoisotopic (exact) mass is 431 g/mol. The molecule has 3 atom stereocenters. The SMILES string of the molecule is C[C@@H]1Cc2nc(-c3ncccn3)ncc2CN1c1cc(F)cc(C23CCCC2CNC3)n1. The predicted octanol–water partition coefficient (Wildman–Crippen LogP) is 3.06. The number of aromatic nitrogens is 5. The van der Waals surface area contributed by atoms with Crippen LogP contribution in [0.3, 0.4) is 0 Å². The van der Waals surface area contributed by atoms with Gasteiger partial charge in [-0.3, -0.25) is 0 Å². The Morgan fingerprint density at radius 1 is 1.12 bits per heavy atom. The van der Waals surface area contributed by atoms with Gasteiger partial charge in [0.05, 0.1) is 11.4 Å². The van der Waals surface area contributed by atoms with Crippen molar-refractivity contribution in [3.63, 3.8) is 0 Å². The van der Waals surface area contributed by atoms with Crippen LogP contribution in [0.4, 0.5) is 10.2 Å². The molecule has 8 heteroatoms. The number of pyridine rings is 1. The van der Waals surface area contributed by atoms with Gasteiger partial charge in [0.15, 0.2) is 11.6 Å². The van der Waals surface area contributed by atoms with Crippen LogP contribution in [0.2, 0.25) is 0 Å². The first-order chi connectivity index (χ1) is 15.6. The molecule has 32 heavy (non-hydrogen) atoms. The Bertz CT molecular complexity index is 1140. The minimum Gasteiger partial charge on any atom is -0.349 e. The van der Waals surface area contributed by atoms with Crippen molar-refractivity contribution in [2.75, 3.05) is 18.0 Å². The van der Waals surface area contributed by atoms with Crippen molar-refractivity contribution in [3.8, 4) is 11.6 Å². The van der Waals surface area contributed by atoms with E-state index in [0.29, 0.717) is 29.9 Å². The lowest BCUT2D eigenvalue weighted by molar-refractivity contribution is 0.387. The third kappa shape index (κ3) is 3.16. The average Bonchev–Trinajstić information content (AvgIpc) is 3.40. The number of halogens is 1. The molecule has 1 saturated carbocycles. The second kappa shape index (κ2) is 7.55. The maximum Gasteiger partial charge on any atom is 0.197 e. The molecule has 0 aromatic carbocycles. The van der Waals surface area contributed by atoms with Gasteiger partial charge in [-0.2, -0.15) is 0 Å². The highest BCUT2D eigenvalue weighted by Crippen LogP contribution is 2.47. The van der Waals surface area contributed by atoms with Gasteiger partial charge in [-0.15, -0.1) is 0 Å². The molecular weight excluding hydrogens is 405 g/mol. The summed E-state index contributed by atoms with van der Waals surface area (Å²) in [6.07, 6.45) is 9.43. The Hall–Kier alpha value is -3.00. The van der Waals surface area contributed by atoms with Crippen molar-refractivity contribution in [1.29, 1.82) is 0 Å². The van der Waals surface area contributed by atoms with E-state index in [2.05, 4.69) is 32.1 Å². The summed E-state index contributed by atoms with van der Waals surface area (Å²) in [6.45, 7) is 4.65. The minimum atomic E-state index is -0.206. The van der Waals surface area contributed by atoms with Crippen LogP contribution in [0, 0.1) is 11.7 Å². The molecule has 0 amide bonds. The second-order valence-corrected chi connectivity index (χ2v) is 9.32. The molecule has 0 spiro atoms. The fraction of sp³-hybridized carbons (Fsp3) is 0.458. The molecule has 2 unspecified atom stereocenters. The molecule has 164 valence electrons. The first-order valence-corrected chi connectivity index (χ1v) is 11.4. The van der Waals surface area contributed by atoms with Gasteiger partial charge in [0.25, 0.3) is 0 Å². The highest BCUT2D eigenvalue weighted by molar-refractivity contribution is 5.49. The lowest BCUT2D eigenvalue weighted by Crippen LogP contribution is -2.40. The molecule has 0 bridgehead atoms. The van der Waals surface area contributed by atoms with Crippen molar-refractivity contribution in [1.82, 2.24) is 30.2 Å². The standard InChI is InChI=1S/C24H26FN7/c1-15-8-19-16(11-29-23(30-19)22-27-6-3-7-28-22)13-32(15)21-10-18(25)9-20(31-21)24-5-2-4-17(24)12-26-14-24/h3,6-7,9-11,15,17,26H,2,4-5,8,12-14H2,1H3/t15-,17?,24?/m1/s1. The van der Waals surface area contributed by atoms with Crippen molar-refractivity contribution in [2.45, 2.75) is 50.6 Å². The van der Waals surface area contributed by atoms with Crippen molar-refractivity contribution in [3.05, 3.63) is 59.6 Å². The molecule has 7 nitrogen and oxygen atoms in total. The number of hydrogen-bond acceptors (Lipinski definition) is 7. The highest BCUT2D eigenvalue weighted by atomic mass is 19.1. The number of hydrogen-bond donors (Lipinski definition) is 1. The molecule has 3 aromatic heterocycles. The van der Waals surface area contributed by atoms with Crippen LogP contribution in [0.15, 0.2) is 36.8 Å². The topological polar surface area (TPSA) is 79.7 Å². The van der Waals surface area contributed by atoms with Crippen LogP contribution in [0.5, 0.6) is 0 Å². The summed E-state index contributed by atoms with van der Waals surface area (Å²) >= 11 is 0. The quantitative estimate of drug-likeness (QED) is 0.683. The third-order valence-corrected chi connectivity index (χ3v) is 7.45. The predicted molar refractivity (Wildman–Crippen MR) is 118 cm³/mol. The number of rotatable bonds is 3. The largest absolute Gasteiger partial charge is 0.349 e. The molecule has 5 heterocycles. The van der Waals surface area contributed by atoms with Crippen LogP contribution < -0.4 is 10.2 Å². The average molecular weight is 432 g/mol. The van der Waals surface area contributed by atoms with Gasteiger partial charge in [-0.05, 0) is 44.4 Å². The van der Waals surface area contributed by atoms with E-state index < -0.39 is 0 Å². The van der Waals surface area contributed by atoms with Gasteiger partial charge in [0, 0.05) is 61.2 Å². The van der Waals surface area contributed by atoms with Crippen LogP contribution in [-0.2, 0) is 18.4 Å². The fourth-order valence-electron chi connectivity index (χ4n) is 5.77. The molecule has 3 aromatic rings. The van der Waals surface area contributed by atoms with E-state index in [0.717, 1.165) is 42.9 Å². The van der Waals surface area contributed by atoms with Gasteiger partial charge in [0.1, 0.15) is 11.6 Å². The maximum atomic E-state index is 14.8. The minimum absolute atomic E-state index is 0.0263. The van der Waals surface area contributed by atoms with Crippen molar-refractivity contribution < 1.29 is 4.39 Å². The zero-order valence-corrected chi connectivity index (χ0v) is 18.1. The fourth-order valence-corrected chi connectivity index (χ4v) is 5.77. The summed E-state index contributed by atoms with van der Waals surface area (Å²) in [7, 11) is 0. The summed E-state index contributed by atoms with van der Waals surface area (Å²) in [4.78, 5) is 25.0. The molecule has 1 N–H and O–H groups in total. The molecular formula is C24H26FN7. The lowest BCUT2D eigenvalue weighted by Gasteiger charge is -2.36. The van der Waals surface area contributed by atoms with Crippen molar-refractivity contribution >= 4 is 5.82 Å². The number of anilines is 1. The first kappa shape index (κ1) is 19.7. The van der Waals surface area contributed by atoms with Gasteiger partial charge in [-0.1, -0.05) is 6.42 Å². The summed E-state index contributed by atoms with van der Waals surface area (Å²) in [5, 5.41) is 3.52. The summed E-state index contributed by atoms with van der Waals surface area (Å²) in [5.74, 6) is 2.12. The van der Waals surface area contributed by atoms with Gasteiger partial charge >= 0.3 is 0 Å². The summed E-state index contributed by atoms with van der Waals surface area (Å²) in [5.41, 5.74) is 2.92. The normalized spacial score (nSPS) is 26.8. The van der Waals surface area contributed by atoms with E-state index in [1.807, 2.05) is 6.20 Å². The van der Waals surface area contributed by atoms with Crippen LogP contribution in [0.25, 0.3) is 11.6 Å². The van der Waals surface area contributed by atoms with E-state index in [9.17, 15) is 4.39 Å². The van der Waals surface area contributed by atoms with Gasteiger partial charge in [-0.25, -0.2) is 29.3 Å². The Morgan fingerprint density at radius 3 is 2.88 bits per heavy atom.